The lowest BCUT2D eigenvalue weighted by Crippen LogP contribution is -2.27. The molecule has 1 atom stereocenters. The number of amides is 2. The first-order chi connectivity index (χ1) is 11.4. The molecular weight excluding hydrogens is 360 g/mol. The third-order valence-electron chi connectivity index (χ3n) is 2.64. The molecule has 2 amide bonds. The molecule has 1 N–H and O–H groups in total. The molecule has 0 spiro atoms. The number of hydrogen-bond acceptors (Lipinski definition) is 9. The molecule has 24 heavy (non-hydrogen) atoms. The first-order valence-corrected chi connectivity index (χ1v) is 8.79. The normalized spacial score (nSPS) is 17.3. The number of ether oxygens (including phenoxy) is 2. The van der Waals surface area contributed by atoms with Crippen molar-refractivity contribution < 1.29 is 22.7 Å². The second-order valence-electron chi connectivity index (χ2n) is 4.30. The molecule has 0 fully saturated rings. The summed E-state index contributed by atoms with van der Waals surface area (Å²) in [6.07, 6.45) is 1.58. The number of hydrogen-bond donors (Lipinski definition) is 1. The van der Waals surface area contributed by atoms with Crippen molar-refractivity contribution in [3.63, 3.8) is 0 Å². The van der Waals surface area contributed by atoms with Crippen LogP contribution in [0.25, 0.3) is 0 Å². The fraction of sp³-hybridized carbons (Fsp3) is 0.364. The minimum atomic E-state index is -3.99. The molecule has 0 saturated carbocycles. The molecule has 1 aliphatic heterocycles. The minimum absolute atomic E-state index is 0.150. The summed E-state index contributed by atoms with van der Waals surface area (Å²) in [6, 6.07) is 0.356. The average molecular weight is 374 g/mol. The number of carbonyl (C=O) groups is 1. The van der Waals surface area contributed by atoms with E-state index in [1.165, 1.54) is 25.2 Å². The van der Waals surface area contributed by atoms with Crippen molar-refractivity contribution in [1.29, 1.82) is 0 Å². The predicted molar refractivity (Wildman–Crippen MR) is 86.2 cm³/mol. The Balaban J connectivity index is 2.08. The third kappa shape index (κ3) is 4.32. The van der Waals surface area contributed by atoms with E-state index >= 15 is 0 Å². The van der Waals surface area contributed by atoms with Crippen molar-refractivity contribution in [1.82, 2.24) is 14.9 Å². The van der Waals surface area contributed by atoms with E-state index in [2.05, 4.69) is 24.9 Å². The largest absolute Gasteiger partial charge is 0.481 e. The van der Waals surface area contributed by atoms with Crippen LogP contribution in [0, 0.1) is 0 Å². The Morgan fingerprint density at radius 3 is 2.46 bits per heavy atom. The Bertz CT molecular complexity index is 759. The van der Waals surface area contributed by atoms with Gasteiger partial charge in [-0.25, -0.2) is 4.79 Å². The smallest absolute Gasteiger partial charge is 0.367 e. The number of anilines is 1. The summed E-state index contributed by atoms with van der Waals surface area (Å²) < 4.78 is 36.0. The van der Waals surface area contributed by atoms with Gasteiger partial charge in [-0.05, 0) is 5.41 Å². The van der Waals surface area contributed by atoms with Crippen molar-refractivity contribution >= 4 is 33.8 Å². The maximum Gasteiger partial charge on any atom is 0.367 e. The van der Waals surface area contributed by atoms with E-state index in [0.29, 0.717) is 0 Å². The van der Waals surface area contributed by atoms with E-state index in [0.717, 1.165) is 11.8 Å². The first-order valence-electron chi connectivity index (χ1n) is 6.34. The number of urea groups is 1. The van der Waals surface area contributed by atoms with Gasteiger partial charge in [-0.1, -0.05) is 21.4 Å². The Morgan fingerprint density at radius 1 is 1.33 bits per heavy atom. The van der Waals surface area contributed by atoms with Gasteiger partial charge in [-0.15, -0.1) is 0 Å². The van der Waals surface area contributed by atoms with Crippen LogP contribution in [0.2, 0.25) is 0 Å². The molecule has 0 aromatic carbocycles. The van der Waals surface area contributed by atoms with Crippen LogP contribution in [0.4, 0.5) is 10.7 Å². The molecule has 1 unspecified atom stereocenters. The van der Waals surface area contributed by atoms with E-state index in [-0.39, 0.29) is 17.7 Å². The highest BCUT2D eigenvalue weighted by molar-refractivity contribution is 8.14. The lowest BCUT2D eigenvalue weighted by molar-refractivity contribution is 0.258. The molecule has 130 valence electrons. The quantitative estimate of drug-likeness (QED) is 0.755. The monoisotopic (exact) mass is 374 g/mol. The number of methoxy groups -OCH3 is 2. The molecule has 13 heteroatoms. The fourth-order valence-corrected chi connectivity index (χ4v) is 3.86. The molecule has 1 aromatic heterocycles. The topological polar surface area (TPSA) is 135 Å². The highest BCUT2D eigenvalue weighted by Gasteiger charge is 2.31. The summed E-state index contributed by atoms with van der Waals surface area (Å²) in [5.74, 6) is 0.134. The molecule has 2 heterocycles. The second kappa shape index (κ2) is 7.44. The van der Waals surface area contributed by atoms with Gasteiger partial charge < -0.3 is 14.4 Å². The zero-order valence-corrected chi connectivity index (χ0v) is 14.5. The van der Waals surface area contributed by atoms with Crippen LogP contribution in [0.5, 0.6) is 11.8 Å². The number of rotatable bonds is 5. The molecule has 0 aliphatic carbocycles. The van der Waals surface area contributed by atoms with Crippen LogP contribution in [0.3, 0.4) is 0 Å². The Kier molecular flexibility index (Phi) is 5.56. The van der Waals surface area contributed by atoms with Crippen molar-refractivity contribution in [2.75, 3.05) is 26.6 Å². The molecule has 1 aromatic rings. The third-order valence-corrected chi connectivity index (χ3v) is 5.70. The summed E-state index contributed by atoms with van der Waals surface area (Å²) >= 11 is 1.04. The number of thioether (sulfide) groups is 1. The summed E-state index contributed by atoms with van der Waals surface area (Å²) in [6.45, 7) is 0. The van der Waals surface area contributed by atoms with Gasteiger partial charge in [-0.3, -0.25) is 5.32 Å². The van der Waals surface area contributed by atoms with Crippen LogP contribution in [0.15, 0.2) is 27.3 Å². The van der Waals surface area contributed by atoms with Gasteiger partial charge >= 0.3 is 16.1 Å². The molecule has 0 radical (unpaired) electrons. The lowest BCUT2D eigenvalue weighted by Gasteiger charge is -2.16. The SMILES string of the molecule is COc1cc(OC)nc(NC(=O)/N=N/S(=O)(=O)C2SC=CN2C)n1. The number of carbonyl (C=O) groups excluding carboxylic acids is 1. The molecule has 1 aliphatic rings. The van der Waals surface area contributed by atoms with Gasteiger partial charge in [0, 0.05) is 13.2 Å². The lowest BCUT2D eigenvalue weighted by atomic mass is 10.6. The maximum absolute atomic E-state index is 12.0. The summed E-state index contributed by atoms with van der Waals surface area (Å²) in [5.41, 5.74) is 0. The van der Waals surface area contributed by atoms with Gasteiger partial charge in [0.1, 0.15) is 0 Å². The van der Waals surface area contributed by atoms with Crippen molar-refractivity contribution in [3.05, 3.63) is 17.7 Å². The van der Waals surface area contributed by atoms with Gasteiger partial charge in [0.05, 0.1) is 20.3 Å². The van der Waals surface area contributed by atoms with Crippen LogP contribution in [0.1, 0.15) is 0 Å². The minimum Gasteiger partial charge on any atom is -0.481 e. The van der Waals surface area contributed by atoms with Crippen molar-refractivity contribution in [3.8, 4) is 11.8 Å². The van der Waals surface area contributed by atoms with E-state index in [9.17, 15) is 13.2 Å². The Hall–Kier alpha value is -2.41. The number of sulfonamides is 1. The number of nitrogens with zero attached hydrogens (tertiary/aromatic N) is 5. The first kappa shape index (κ1) is 17.9. The highest BCUT2D eigenvalue weighted by atomic mass is 32.3. The zero-order chi connectivity index (χ0) is 17.7. The van der Waals surface area contributed by atoms with E-state index in [1.807, 2.05) is 0 Å². The van der Waals surface area contributed by atoms with Gasteiger partial charge in [-0.2, -0.15) is 18.4 Å². The Labute approximate surface area is 142 Å². The van der Waals surface area contributed by atoms with Crippen molar-refractivity contribution in [2.45, 2.75) is 4.71 Å². The Morgan fingerprint density at radius 2 is 1.96 bits per heavy atom. The molecule has 11 nitrogen and oxygen atoms in total. The van der Waals surface area contributed by atoms with Gasteiger partial charge in [0.15, 0.2) is 0 Å². The number of nitrogens with one attached hydrogen (secondary N) is 1. The van der Waals surface area contributed by atoms with Crippen LogP contribution in [-0.2, 0) is 10.0 Å². The van der Waals surface area contributed by atoms with Crippen LogP contribution >= 0.6 is 11.8 Å². The van der Waals surface area contributed by atoms with E-state index in [4.69, 9.17) is 9.47 Å². The zero-order valence-electron chi connectivity index (χ0n) is 12.9. The highest BCUT2D eigenvalue weighted by Crippen LogP contribution is 2.29. The van der Waals surface area contributed by atoms with Crippen LogP contribution in [-0.4, -0.2) is 55.3 Å². The van der Waals surface area contributed by atoms with E-state index < -0.39 is 20.8 Å². The van der Waals surface area contributed by atoms with Crippen LogP contribution < -0.4 is 14.8 Å². The molecular formula is C11H14N6O5S2. The molecule has 0 bridgehead atoms. The second-order valence-corrected chi connectivity index (χ2v) is 7.23. The standard InChI is InChI=1S/C11H14N6O5S2/c1-17-4-5-23-11(17)24(19,20)16-15-10(18)14-9-12-7(21-2)6-8(13-9)22-3/h4-6,11H,1-3H3,(H,12,13,14,18)/b16-15+. The maximum atomic E-state index is 12.0. The molecule has 0 saturated heterocycles. The average Bonchev–Trinajstić information content (AvgIpc) is 2.99. The summed E-state index contributed by atoms with van der Waals surface area (Å²) in [5, 5.41) is 6.93. The van der Waals surface area contributed by atoms with Gasteiger partial charge in [0.2, 0.25) is 22.4 Å². The predicted octanol–water partition coefficient (Wildman–Crippen LogP) is 1.24. The summed E-state index contributed by atoms with van der Waals surface area (Å²) in [7, 11) is 0.342. The molecule has 2 rings (SSSR count). The number of aromatic nitrogens is 2. The fourth-order valence-electron chi connectivity index (χ4n) is 1.57. The summed E-state index contributed by atoms with van der Waals surface area (Å²) in [4.78, 5) is 20.9. The van der Waals surface area contributed by atoms with E-state index in [1.54, 1.807) is 18.7 Å². The van der Waals surface area contributed by atoms with Gasteiger partial charge in [0.25, 0.3) is 0 Å². The van der Waals surface area contributed by atoms with Crippen molar-refractivity contribution in [2.24, 2.45) is 9.63 Å².